The lowest BCUT2D eigenvalue weighted by atomic mass is 10.1. The molecule has 0 saturated carbocycles. The van der Waals surface area contributed by atoms with Crippen LogP contribution >= 0.6 is 0 Å². The Kier molecular flexibility index (Phi) is 3.08. The summed E-state index contributed by atoms with van der Waals surface area (Å²) in [7, 11) is 0. The monoisotopic (exact) mass is 300 g/mol. The molecule has 0 saturated heterocycles. The number of nitrogens with one attached hydrogen (secondary N) is 1. The highest BCUT2D eigenvalue weighted by Crippen LogP contribution is 2.29. The van der Waals surface area contributed by atoms with Gasteiger partial charge in [0.2, 0.25) is 0 Å². The normalized spacial score (nSPS) is 11.0. The Bertz CT molecular complexity index is 1020. The van der Waals surface area contributed by atoms with Crippen LogP contribution in [-0.4, -0.2) is 9.97 Å². The molecule has 0 aliphatic carbocycles. The SMILES string of the molecule is Cc1cc(N)c2cccc(Nc3ccc4ccccc4n3)c2n1. The molecule has 2 aromatic heterocycles. The summed E-state index contributed by atoms with van der Waals surface area (Å²) in [6, 6.07) is 19.9. The third kappa shape index (κ3) is 2.44. The number of benzene rings is 2. The van der Waals surface area contributed by atoms with Gasteiger partial charge in [0.15, 0.2) is 0 Å². The maximum Gasteiger partial charge on any atom is 0.131 e. The minimum Gasteiger partial charge on any atom is -0.398 e. The van der Waals surface area contributed by atoms with E-state index in [2.05, 4.69) is 27.4 Å². The zero-order chi connectivity index (χ0) is 15.8. The number of nitrogen functional groups attached to an aromatic ring is 1. The van der Waals surface area contributed by atoms with Crippen molar-refractivity contribution in [3.05, 3.63) is 66.4 Å². The highest BCUT2D eigenvalue weighted by molar-refractivity contribution is 5.99. The van der Waals surface area contributed by atoms with Crippen molar-refractivity contribution in [2.24, 2.45) is 0 Å². The van der Waals surface area contributed by atoms with Crippen LogP contribution < -0.4 is 11.1 Å². The number of nitrogens with zero attached hydrogens (tertiary/aromatic N) is 2. The summed E-state index contributed by atoms with van der Waals surface area (Å²) in [5.74, 6) is 0.790. The average Bonchev–Trinajstić information content (AvgIpc) is 2.55. The van der Waals surface area contributed by atoms with Gasteiger partial charge in [0.1, 0.15) is 5.82 Å². The van der Waals surface area contributed by atoms with Crippen molar-refractivity contribution >= 4 is 39.0 Å². The zero-order valence-electron chi connectivity index (χ0n) is 12.7. The predicted octanol–water partition coefficient (Wildman–Crippen LogP) is 4.42. The molecule has 4 heteroatoms. The van der Waals surface area contributed by atoms with Crippen LogP contribution in [-0.2, 0) is 0 Å². The molecule has 0 atom stereocenters. The summed E-state index contributed by atoms with van der Waals surface area (Å²) in [6.45, 7) is 1.95. The van der Waals surface area contributed by atoms with Gasteiger partial charge in [-0.1, -0.05) is 30.3 Å². The van der Waals surface area contributed by atoms with E-state index in [-0.39, 0.29) is 0 Å². The topological polar surface area (TPSA) is 63.8 Å². The number of aryl methyl sites for hydroxylation is 1. The quantitative estimate of drug-likeness (QED) is 0.575. The van der Waals surface area contributed by atoms with Crippen molar-refractivity contribution in [3.8, 4) is 0 Å². The van der Waals surface area contributed by atoms with Gasteiger partial charge in [0.05, 0.1) is 16.7 Å². The third-order valence-electron chi connectivity index (χ3n) is 3.86. The van der Waals surface area contributed by atoms with Gasteiger partial charge in [0, 0.05) is 22.2 Å². The first-order valence-electron chi connectivity index (χ1n) is 7.49. The predicted molar refractivity (Wildman–Crippen MR) is 95.9 cm³/mol. The number of anilines is 3. The van der Waals surface area contributed by atoms with Gasteiger partial charge < -0.3 is 11.1 Å². The molecular weight excluding hydrogens is 284 g/mol. The van der Waals surface area contributed by atoms with Crippen LogP contribution in [0.5, 0.6) is 0 Å². The van der Waals surface area contributed by atoms with Crippen molar-refractivity contribution in [2.75, 3.05) is 11.1 Å². The van der Waals surface area contributed by atoms with Crippen LogP contribution in [0.4, 0.5) is 17.2 Å². The molecule has 112 valence electrons. The van der Waals surface area contributed by atoms with Crippen LogP contribution in [0.3, 0.4) is 0 Å². The highest BCUT2D eigenvalue weighted by atomic mass is 15.0. The molecule has 0 spiro atoms. The Morgan fingerprint density at radius 2 is 1.78 bits per heavy atom. The molecule has 0 aliphatic heterocycles. The summed E-state index contributed by atoms with van der Waals surface area (Å²) in [5.41, 5.74) is 10.5. The van der Waals surface area contributed by atoms with Gasteiger partial charge >= 0.3 is 0 Å². The molecule has 2 heterocycles. The zero-order valence-corrected chi connectivity index (χ0v) is 12.7. The first-order chi connectivity index (χ1) is 11.2. The smallest absolute Gasteiger partial charge is 0.131 e. The van der Waals surface area contributed by atoms with Crippen molar-refractivity contribution in [1.82, 2.24) is 9.97 Å². The van der Waals surface area contributed by atoms with Gasteiger partial charge in [-0.05, 0) is 37.3 Å². The second-order valence-corrected chi connectivity index (χ2v) is 5.57. The summed E-state index contributed by atoms with van der Waals surface area (Å²) < 4.78 is 0. The Morgan fingerprint density at radius 1 is 0.913 bits per heavy atom. The minimum absolute atomic E-state index is 0.739. The van der Waals surface area contributed by atoms with E-state index in [1.165, 1.54) is 0 Å². The van der Waals surface area contributed by atoms with Crippen LogP contribution in [0.2, 0.25) is 0 Å². The number of hydrogen-bond acceptors (Lipinski definition) is 4. The van der Waals surface area contributed by atoms with E-state index in [0.29, 0.717) is 0 Å². The molecule has 0 unspecified atom stereocenters. The molecule has 4 rings (SSSR count). The van der Waals surface area contributed by atoms with Crippen LogP contribution in [0, 0.1) is 6.92 Å². The molecule has 4 aromatic rings. The van der Waals surface area contributed by atoms with Gasteiger partial charge in [-0.15, -0.1) is 0 Å². The lowest BCUT2D eigenvalue weighted by Gasteiger charge is -2.11. The number of rotatable bonds is 2. The molecule has 0 radical (unpaired) electrons. The standard InChI is InChI=1S/C19H16N4/c1-12-11-15(20)14-6-4-8-17(19(14)21-12)23-18-10-9-13-5-2-3-7-16(13)22-18/h2-11H,1H3,(H2,20,21)(H,22,23). The van der Waals surface area contributed by atoms with E-state index in [1.54, 1.807) is 0 Å². The van der Waals surface area contributed by atoms with Crippen LogP contribution in [0.15, 0.2) is 60.7 Å². The summed E-state index contributed by atoms with van der Waals surface area (Å²) in [4.78, 5) is 9.28. The number of nitrogens with two attached hydrogens (primary N) is 1. The summed E-state index contributed by atoms with van der Waals surface area (Å²) >= 11 is 0. The highest BCUT2D eigenvalue weighted by Gasteiger charge is 2.07. The first kappa shape index (κ1) is 13.5. The van der Waals surface area contributed by atoms with E-state index in [9.17, 15) is 0 Å². The van der Waals surface area contributed by atoms with Crippen LogP contribution in [0.1, 0.15) is 5.69 Å². The van der Waals surface area contributed by atoms with Gasteiger partial charge in [-0.3, -0.25) is 4.98 Å². The second-order valence-electron chi connectivity index (χ2n) is 5.57. The van der Waals surface area contributed by atoms with E-state index >= 15 is 0 Å². The number of hydrogen-bond donors (Lipinski definition) is 2. The fourth-order valence-corrected chi connectivity index (χ4v) is 2.78. The number of aromatic nitrogens is 2. The minimum atomic E-state index is 0.739. The second kappa shape index (κ2) is 5.25. The molecule has 23 heavy (non-hydrogen) atoms. The van der Waals surface area contributed by atoms with Gasteiger partial charge in [0.25, 0.3) is 0 Å². The lowest BCUT2D eigenvalue weighted by Crippen LogP contribution is -1.98. The van der Waals surface area contributed by atoms with Crippen molar-refractivity contribution in [1.29, 1.82) is 0 Å². The average molecular weight is 300 g/mol. The number of fused-ring (bicyclic) bond motifs is 2. The Morgan fingerprint density at radius 3 is 2.70 bits per heavy atom. The van der Waals surface area contributed by atoms with Crippen molar-refractivity contribution < 1.29 is 0 Å². The first-order valence-corrected chi connectivity index (χ1v) is 7.49. The fraction of sp³-hybridized carbons (Fsp3) is 0.0526. The third-order valence-corrected chi connectivity index (χ3v) is 3.86. The fourth-order valence-electron chi connectivity index (χ4n) is 2.78. The molecule has 4 nitrogen and oxygen atoms in total. The summed E-state index contributed by atoms with van der Waals surface area (Å²) in [5, 5.41) is 5.43. The maximum atomic E-state index is 6.11. The Balaban J connectivity index is 1.82. The van der Waals surface area contributed by atoms with E-state index in [4.69, 9.17) is 5.73 Å². The van der Waals surface area contributed by atoms with E-state index in [1.807, 2.05) is 55.5 Å². The number of para-hydroxylation sites is 2. The maximum absolute atomic E-state index is 6.11. The van der Waals surface area contributed by atoms with E-state index < -0.39 is 0 Å². The van der Waals surface area contributed by atoms with Crippen LogP contribution in [0.25, 0.3) is 21.8 Å². The molecule has 0 aliphatic rings. The Hall–Kier alpha value is -3.14. The molecule has 2 aromatic carbocycles. The lowest BCUT2D eigenvalue weighted by molar-refractivity contribution is 1.25. The van der Waals surface area contributed by atoms with Gasteiger partial charge in [-0.25, -0.2) is 4.98 Å². The molecule has 0 bridgehead atoms. The number of pyridine rings is 2. The van der Waals surface area contributed by atoms with Crippen molar-refractivity contribution in [2.45, 2.75) is 6.92 Å². The van der Waals surface area contributed by atoms with Crippen molar-refractivity contribution in [3.63, 3.8) is 0 Å². The Labute approximate surface area is 134 Å². The molecular formula is C19H16N4. The molecule has 0 amide bonds. The largest absolute Gasteiger partial charge is 0.398 e. The summed E-state index contributed by atoms with van der Waals surface area (Å²) in [6.07, 6.45) is 0. The van der Waals surface area contributed by atoms with Gasteiger partial charge in [-0.2, -0.15) is 0 Å². The molecule has 0 fully saturated rings. The molecule has 3 N–H and O–H groups in total. The van der Waals surface area contributed by atoms with E-state index in [0.717, 1.165) is 44.7 Å².